The molecule has 0 spiro atoms. The summed E-state index contributed by atoms with van der Waals surface area (Å²) in [5.74, 6) is 0.212. The second kappa shape index (κ2) is 3.73. The molecule has 0 saturated carbocycles. The molecule has 88 valence electrons. The Morgan fingerprint density at radius 2 is 2.06 bits per heavy atom. The largest absolute Gasteiger partial charge is 0.332 e. The molecule has 2 heterocycles. The van der Waals surface area contributed by atoms with Gasteiger partial charge in [0.05, 0.1) is 11.6 Å². The van der Waals surface area contributed by atoms with Gasteiger partial charge in [-0.15, -0.1) is 11.8 Å². The first-order valence-electron chi connectivity index (χ1n) is 5.17. The number of hydrogen-bond donors (Lipinski definition) is 0. The van der Waals surface area contributed by atoms with Crippen LogP contribution < -0.4 is 4.90 Å². The molecule has 0 N–H and O–H groups in total. The minimum atomic E-state index is -0.553. The van der Waals surface area contributed by atoms with E-state index in [1.165, 1.54) is 34.9 Å². The maximum absolute atomic E-state index is 13.6. The van der Waals surface area contributed by atoms with Gasteiger partial charge in [0.15, 0.2) is 0 Å². The molecule has 0 aromatic heterocycles. The van der Waals surface area contributed by atoms with Gasteiger partial charge in [-0.05, 0) is 12.1 Å². The average Bonchev–Trinajstić information content (AvgIpc) is 2.87. The molecule has 0 radical (unpaired) electrons. The van der Waals surface area contributed by atoms with E-state index in [0.717, 1.165) is 4.90 Å². The smallest absolute Gasteiger partial charge is 0.302 e. The van der Waals surface area contributed by atoms with Crippen molar-refractivity contribution in [1.82, 2.24) is 4.90 Å². The quantitative estimate of drug-likeness (QED) is 0.714. The highest BCUT2D eigenvalue weighted by atomic mass is 32.2. The number of para-hydroxylation sites is 1. The van der Waals surface area contributed by atoms with Gasteiger partial charge in [0.1, 0.15) is 11.9 Å². The third-order valence-corrected chi connectivity index (χ3v) is 3.93. The standard InChI is InChI=1S/C11H9FN2O2S/c12-7-3-1-2-4-8(7)14-10(15)9-5-17-6-13(9)11(14)16/h1-4,9H,5-6H2/t9-/m0/s1. The zero-order valence-electron chi connectivity index (χ0n) is 8.80. The van der Waals surface area contributed by atoms with Crippen molar-refractivity contribution in [1.29, 1.82) is 0 Å². The molecule has 2 fully saturated rings. The number of imide groups is 1. The summed E-state index contributed by atoms with van der Waals surface area (Å²) < 4.78 is 13.6. The zero-order chi connectivity index (χ0) is 12.0. The van der Waals surface area contributed by atoms with Crippen LogP contribution in [0.15, 0.2) is 24.3 Å². The predicted octanol–water partition coefficient (Wildman–Crippen LogP) is 1.67. The molecule has 3 amide bonds. The number of nitrogens with zero attached hydrogens (tertiary/aromatic N) is 2. The Morgan fingerprint density at radius 3 is 2.76 bits per heavy atom. The van der Waals surface area contributed by atoms with Crippen LogP contribution in [0.25, 0.3) is 0 Å². The maximum atomic E-state index is 13.6. The molecule has 1 aromatic carbocycles. The number of hydrogen-bond acceptors (Lipinski definition) is 3. The summed E-state index contributed by atoms with van der Waals surface area (Å²) in [5, 5.41) is 0. The normalized spacial score (nSPS) is 23.5. The maximum Gasteiger partial charge on any atom is 0.332 e. The van der Waals surface area contributed by atoms with Gasteiger partial charge >= 0.3 is 6.03 Å². The number of thioether (sulfide) groups is 1. The minimum absolute atomic E-state index is 0.0434. The number of halogens is 1. The van der Waals surface area contributed by atoms with Gasteiger partial charge in [0.25, 0.3) is 5.91 Å². The van der Waals surface area contributed by atoms with Crippen LogP contribution in [0.5, 0.6) is 0 Å². The van der Waals surface area contributed by atoms with Crippen molar-refractivity contribution >= 4 is 29.4 Å². The summed E-state index contributed by atoms with van der Waals surface area (Å²) in [6.07, 6.45) is 0. The number of amides is 3. The van der Waals surface area contributed by atoms with Crippen LogP contribution in [-0.4, -0.2) is 34.5 Å². The van der Waals surface area contributed by atoms with Crippen molar-refractivity contribution in [3.63, 3.8) is 0 Å². The number of fused-ring (bicyclic) bond motifs is 1. The highest BCUT2D eigenvalue weighted by Crippen LogP contribution is 2.33. The molecule has 17 heavy (non-hydrogen) atoms. The van der Waals surface area contributed by atoms with Crippen molar-refractivity contribution in [2.24, 2.45) is 0 Å². The third-order valence-electron chi connectivity index (χ3n) is 2.92. The summed E-state index contributed by atoms with van der Waals surface area (Å²) >= 11 is 1.54. The highest BCUT2D eigenvalue weighted by Gasteiger charge is 2.49. The summed E-state index contributed by atoms with van der Waals surface area (Å²) in [6, 6.07) is 4.98. The zero-order valence-corrected chi connectivity index (χ0v) is 9.61. The Kier molecular flexibility index (Phi) is 2.32. The second-order valence-electron chi connectivity index (χ2n) is 3.89. The van der Waals surface area contributed by atoms with Gasteiger partial charge in [-0.1, -0.05) is 12.1 Å². The van der Waals surface area contributed by atoms with E-state index in [4.69, 9.17) is 0 Å². The molecule has 4 nitrogen and oxygen atoms in total. The van der Waals surface area contributed by atoms with Crippen molar-refractivity contribution in [2.45, 2.75) is 6.04 Å². The van der Waals surface area contributed by atoms with Crippen LogP contribution in [0.2, 0.25) is 0 Å². The molecule has 3 rings (SSSR count). The molecule has 0 aliphatic carbocycles. The molecule has 0 unspecified atom stereocenters. The molecular weight excluding hydrogens is 243 g/mol. The monoisotopic (exact) mass is 252 g/mol. The van der Waals surface area contributed by atoms with Crippen molar-refractivity contribution < 1.29 is 14.0 Å². The van der Waals surface area contributed by atoms with Crippen LogP contribution in [0.3, 0.4) is 0 Å². The number of benzene rings is 1. The number of carbonyl (C=O) groups excluding carboxylic acids is 2. The third kappa shape index (κ3) is 1.44. The van der Waals surface area contributed by atoms with Crippen molar-refractivity contribution in [2.75, 3.05) is 16.5 Å². The fraction of sp³-hybridized carbons (Fsp3) is 0.273. The molecular formula is C11H9FN2O2S. The molecule has 2 aliphatic heterocycles. The Balaban J connectivity index is 2.03. The Hall–Kier alpha value is -1.56. The lowest BCUT2D eigenvalue weighted by molar-refractivity contribution is -0.118. The number of anilines is 1. The molecule has 2 aliphatic rings. The van der Waals surface area contributed by atoms with Crippen LogP contribution in [-0.2, 0) is 4.79 Å². The Labute approximate surface area is 101 Å². The van der Waals surface area contributed by atoms with E-state index in [1.807, 2.05) is 0 Å². The summed E-state index contributed by atoms with van der Waals surface area (Å²) in [5.41, 5.74) is 0.0434. The minimum Gasteiger partial charge on any atom is -0.302 e. The van der Waals surface area contributed by atoms with Gasteiger partial charge in [-0.25, -0.2) is 14.1 Å². The fourth-order valence-corrected chi connectivity index (χ4v) is 3.20. The summed E-state index contributed by atoms with van der Waals surface area (Å²) in [7, 11) is 0. The first-order valence-corrected chi connectivity index (χ1v) is 6.32. The second-order valence-corrected chi connectivity index (χ2v) is 4.89. The van der Waals surface area contributed by atoms with Crippen LogP contribution in [0.4, 0.5) is 14.9 Å². The van der Waals surface area contributed by atoms with E-state index in [0.29, 0.717) is 11.6 Å². The van der Waals surface area contributed by atoms with Gasteiger partial charge in [-0.2, -0.15) is 0 Å². The SMILES string of the molecule is O=C1[C@@H]2CSCN2C(=O)N1c1ccccc1F. The van der Waals surface area contributed by atoms with E-state index < -0.39 is 17.9 Å². The number of urea groups is 1. The molecule has 1 atom stereocenters. The molecule has 2 saturated heterocycles. The van der Waals surface area contributed by atoms with Gasteiger partial charge in [0.2, 0.25) is 0 Å². The van der Waals surface area contributed by atoms with Gasteiger partial charge in [-0.3, -0.25) is 4.79 Å². The first-order chi connectivity index (χ1) is 8.20. The van der Waals surface area contributed by atoms with Gasteiger partial charge < -0.3 is 4.90 Å². The average molecular weight is 252 g/mol. The molecule has 0 bridgehead atoms. The summed E-state index contributed by atoms with van der Waals surface area (Å²) in [6.45, 7) is 0. The van der Waals surface area contributed by atoms with E-state index in [-0.39, 0.29) is 11.6 Å². The van der Waals surface area contributed by atoms with E-state index >= 15 is 0 Å². The van der Waals surface area contributed by atoms with Crippen molar-refractivity contribution in [3.05, 3.63) is 30.1 Å². The lowest BCUT2D eigenvalue weighted by Gasteiger charge is -2.15. The highest BCUT2D eigenvalue weighted by molar-refractivity contribution is 7.99. The Bertz CT molecular complexity index is 486. The molecule has 6 heteroatoms. The number of carbonyl (C=O) groups is 2. The predicted molar refractivity (Wildman–Crippen MR) is 62.2 cm³/mol. The van der Waals surface area contributed by atoms with Crippen LogP contribution >= 0.6 is 11.8 Å². The van der Waals surface area contributed by atoms with Crippen LogP contribution in [0.1, 0.15) is 0 Å². The fourth-order valence-electron chi connectivity index (χ4n) is 2.06. The first kappa shape index (κ1) is 10.6. The lowest BCUT2D eigenvalue weighted by atomic mass is 10.2. The van der Waals surface area contributed by atoms with Crippen molar-refractivity contribution in [3.8, 4) is 0 Å². The van der Waals surface area contributed by atoms with E-state index in [9.17, 15) is 14.0 Å². The van der Waals surface area contributed by atoms with Gasteiger partial charge in [0, 0.05) is 5.75 Å². The van der Waals surface area contributed by atoms with E-state index in [1.54, 1.807) is 6.07 Å². The Morgan fingerprint density at radius 1 is 1.29 bits per heavy atom. The van der Waals surface area contributed by atoms with E-state index in [2.05, 4.69) is 0 Å². The van der Waals surface area contributed by atoms with Crippen LogP contribution in [0, 0.1) is 5.82 Å². The summed E-state index contributed by atoms with van der Waals surface area (Å²) in [4.78, 5) is 26.5. The topological polar surface area (TPSA) is 40.6 Å². The lowest BCUT2D eigenvalue weighted by Crippen LogP contribution is -2.33. The molecule has 1 aromatic rings. The number of rotatable bonds is 1.